The Morgan fingerprint density at radius 1 is 1.08 bits per heavy atom. The summed E-state index contributed by atoms with van der Waals surface area (Å²) in [5.74, 6) is 0.798. The molecule has 1 aliphatic heterocycles. The van der Waals surface area contributed by atoms with Crippen LogP contribution >= 0.6 is 0 Å². The van der Waals surface area contributed by atoms with E-state index in [1.165, 1.54) is 12.8 Å². The molecule has 1 aromatic carbocycles. The maximum Gasteiger partial charge on any atom is 0.279 e. The Bertz CT molecular complexity index is 537. The number of anilines is 1. The van der Waals surface area contributed by atoms with Crippen molar-refractivity contribution in [2.45, 2.75) is 25.7 Å². The van der Waals surface area contributed by atoms with Gasteiger partial charge in [-0.15, -0.1) is 0 Å². The fourth-order valence-electron chi connectivity index (χ4n) is 2.91. The molecule has 1 heterocycles. The maximum absolute atomic E-state index is 12.3. The minimum absolute atomic E-state index is 0.0960. The first-order valence-corrected chi connectivity index (χ1v) is 8.61. The Kier molecular flexibility index (Phi) is 7.06. The van der Waals surface area contributed by atoms with E-state index in [9.17, 15) is 9.59 Å². The van der Waals surface area contributed by atoms with Gasteiger partial charge < -0.3 is 19.9 Å². The number of likely N-dealkylation sites (N-methyl/N-ethyl adjacent to an activating group) is 1. The van der Waals surface area contributed by atoms with Gasteiger partial charge in [0.25, 0.3) is 11.8 Å². The summed E-state index contributed by atoms with van der Waals surface area (Å²) in [7, 11) is 3.48. The molecule has 1 aliphatic rings. The van der Waals surface area contributed by atoms with E-state index < -0.39 is 0 Å². The molecule has 0 aromatic heterocycles. The molecule has 0 bridgehead atoms. The van der Waals surface area contributed by atoms with Crippen molar-refractivity contribution in [2.75, 3.05) is 45.7 Å². The summed E-state index contributed by atoms with van der Waals surface area (Å²) in [6, 6.07) is 7.20. The van der Waals surface area contributed by atoms with Gasteiger partial charge in [-0.2, -0.15) is 0 Å². The number of nitrogens with zero attached hydrogens (tertiary/aromatic N) is 1. The van der Waals surface area contributed by atoms with Crippen LogP contribution in [0.2, 0.25) is 0 Å². The largest absolute Gasteiger partial charge is 0.497 e. The Morgan fingerprint density at radius 3 is 2.29 bits per heavy atom. The van der Waals surface area contributed by atoms with E-state index in [2.05, 4.69) is 5.32 Å². The smallest absolute Gasteiger partial charge is 0.279 e. The van der Waals surface area contributed by atoms with Crippen molar-refractivity contribution in [3.63, 3.8) is 0 Å². The second-order valence-electron chi connectivity index (χ2n) is 6.38. The van der Waals surface area contributed by atoms with Gasteiger partial charge in [-0.05, 0) is 37.1 Å². The van der Waals surface area contributed by atoms with E-state index in [4.69, 9.17) is 4.74 Å². The van der Waals surface area contributed by atoms with Gasteiger partial charge in [0.1, 0.15) is 5.75 Å². The molecule has 0 saturated carbocycles. The van der Waals surface area contributed by atoms with Crippen LogP contribution in [0.3, 0.4) is 0 Å². The number of rotatable bonds is 6. The number of ether oxygens (including phenoxy) is 1. The minimum Gasteiger partial charge on any atom is -0.497 e. The Morgan fingerprint density at radius 2 is 1.71 bits per heavy atom. The van der Waals surface area contributed by atoms with Crippen molar-refractivity contribution < 1.29 is 19.2 Å². The van der Waals surface area contributed by atoms with Crippen molar-refractivity contribution in [2.24, 2.45) is 0 Å². The van der Waals surface area contributed by atoms with Crippen LogP contribution in [-0.2, 0) is 9.59 Å². The lowest BCUT2D eigenvalue weighted by Gasteiger charge is -2.22. The molecule has 2 N–H and O–H groups in total. The van der Waals surface area contributed by atoms with Crippen molar-refractivity contribution in [3.8, 4) is 5.75 Å². The molecule has 2 amide bonds. The third kappa shape index (κ3) is 5.85. The topological polar surface area (TPSA) is 63.1 Å². The molecule has 0 radical (unpaired) electrons. The number of methoxy groups -OCH3 is 1. The second-order valence-corrected chi connectivity index (χ2v) is 6.38. The predicted molar refractivity (Wildman–Crippen MR) is 93.3 cm³/mol. The Labute approximate surface area is 143 Å². The molecular formula is C18H28N3O3+. The summed E-state index contributed by atoms with van der Waals surface area (Å²) >= 11 is 0. The highest BCUT2D eigenvalue weighted by Gasteiger charge is 2.20. The molecule has 1 unspecified atom stereocenters. The second kappa shape index (κ2) is 9.27. The van der Waals surface area contributed by atoms with Gasteiger partial charge in [0.05, 0.1) is 14.2 Å². The molecule has 0 spiro atoms. The Balaban J connectivity index is 1.76. The molecule has 24 heavy (non-hydrogen) atoms. The van der Waals surface area contributed by atoms with Crippen molar-refractivity contribution in [3.05, 3.63) is 24.3 Å². The van der Waals surface area contributed by atoms with Crippen LogP contribution in [0, 0.1) is 0 Å². The van der Waals surface area contributed by atoms with Crippen LogP contribution in [0.25, 0.3) is 0 Å². The highest BCUT2D eigenvalue weighted by Crippen LogP contribution is 2.14. The van der Waals surface area contributed by atoms with Crippen molar-refractivity contribution in [1.82, 2.24) is 4.90 Å². The van der Waals surface area contributed by atoms with Crippen LogP contribution in [0.15, 0.2) is 24.3 Å². The first kappa shape index (κ1) is 18.3. The van der Waals surface area contributed by atoms with Crippen LogP contribution in [0.1, 0.15) is 25.7 Å². The highest BCUT2D eigenvalue weighted by molar-refractivity contribution is 5.91. The van der Waals surface area contributed by atoms with Gasteiger partial charge in [0.2, 0.25) is 0 Å². The molecule has 2 rings (SSSR count). The summed E-state index contributed by atoms with van der Waals surface area (Å²) in [6.45, 7) is 2.33. The molecule has 1 aromatic rings. The number of hydrogen-bond donors (Lipinski definition) is 2. The molecule has 1 fully saturated rings. The lowest BCUT2D eigenvalue weighted by Crippen LogP contribution is -3.11. The monoisotopic (exact) mass is 334 g/mol. The van der Waals surface area contributed by atoms with Crippen molar-refractivity contribution >= 4 is 17.5 Å². The lowest BCUT2D eigenvalue weighted by molar-refractivity contribution is -0.862. The average Bonchev–Trinajstić information content (AvgIpc) is 2.84. The highest BCUT2D eigenvalue weighted by atomic mass is 16.5. The van der Waals surface area contributed by atoms with Crippen LogP contribution in [0.5, 0.6) is 5.75 Å². The summed E-state index contributed by atoms with van der Waals surface area (Å²) < 4.78 is 5.09. The quantitative estimate of drug-likeness (QED) is 0.799. The maximum atomic E-state index is 12.3. The van der Waals surface area contributed by atoms with E-state index in [0.717, 1.165) is 42.3 Å². The molecule has 1 atom stereocenters. The Hall–Kier alpha value is -2.08. The normalized spacial score (nSPS) is 16.2. The van der Waals surface area contributed by atoms with Gasteiger partial charge in [-0.25, -0.2) is 0 Å². The fourth-order valence-corrected chi connectivity index (χ4v) is 2.91. The summed E-state index contributed by atoms with van der Waals surface area (Å²) in [4.78, 5) is 27.3. The lowest BCUT2D eigenvalue weighted by atomic mass is 10.2. The number of likely N-dealkylation sites (tertiary alicyclic amines) is 1. The van der Waals surface area contributed by atoms with E-state index >= 15 is 0 Å². The van der Waals surface area contributed by atoms with Gasteiger partial charge in [0.15, 0.2) is 13.1 Å². The van der Waals surface area contributed by atoms with Crippen molar-refractivity contribution in [1.29, 1.82) is 0 Å². The van der Waals surface area contributed by atoms with Gasteiger partial charge in [-0.1, -0.05) is 12.8 Å². The van der Waals surface area contributed by atoms with Gasteiger partial charge in [-0.3, -0.25) is 9.59 Å². The number of benzene rings is 1. The van der Waals surface area contributed by atoms with E-state index in [-0.39, 0.29) is 18.4 Å². The third-order valence-electron chi connectivity index (χ3n) is 4.25. The SMILES string of the molecule is COc1ccc(NC(=O)C[NH+](C)CC(=O)N2CCCCCC2)cc1. The van der Waals surface area contributed by atoms with Crippen LogP contribution in [0.4, 0.5) is 5.69 Å². The molecule has 1 saturated heterocycles. The molecule has 0 aliphatic carbocycles. The number of hydrogen-bond acceptors (Lipinski definition) is 3. The fraction of sp³-hybridized carbons (Fsp3) is 0.556. The zero-order valence-electron chi connectivity index (χ0n) is 14.6. The predicted octanol–water partition coefficient (Wildman–Crippen LogP) is 0.551. The third-order valence-corrected chi connectivity index (χ3v) is 4.25. The number of carbonyl (C=O) groups is 2. The van der Waals surface area contributed by atoms with Crippen LogP contribution < -0.4 is 15.0 Å². The van der Waals surface area contributed by atoms with E-state index in [0.29, 0.717) is 6.54 Å². The molecular weight excluding hydrogens is 306 g/mol. The molecule has 6 heteroatoms. The van der Waals surface area contributed by atoms with Crippen LogP contribution in [-0.4, -0.2) is 57.1 Å². The molecule has 132 valence electrons. The van der Waals surface area contributed by atoms with E-state index in [1.54, 1.807) is 31.4 Å². The average molecular weight is 334 g/mol. The first-order valence-electron chi connectivity index (χ1n) is 8.61. The number of amides is 2. The number of carbonyl (C=O) groups excluding carboxylic acids is 2. The minimum atomic E-state index is -0.0960. The summed E-state index contributed by atoms with van der Waals surface area (Å²) in [5, 5.41) is 2.85. The molecule has 6 nitrogen and oxygen atoms in total. The number of quaternary nitrogens is 1. The van der Waals surface area contributed by atoms with E-state index in [1.807, 2.05) is 11.9 Å². The zero-order valence-corrected chi connectivity index (χ0v) is 14.6. The van der Waals surface area contributed by atoms with Gasteiger partial charge in [0, 0.05) is 18.8 Å². The van der Waals surface area contributed by atoms with Gasteiger partial charge >= 0.3 is 0 Å². The zero-order chi connectivity index (χ0) is 17.4. The summed E-state index contributed by atoms with van der Waals surface area (Å²) in [5.41, 5.74) is 0.729. The standard InChI is InChI=1S/C18H27N3O3/c1-20(14-18(23)21-11-5-3-4-6-12-21)13-17(22)19-15-7-9-16(24-2)10-8-15/h7-10H,3-6,11-14H2,1-2H3,(H,19,22)/p+1. The summed E-state index contributed by atoms with van der Waals surface area (Å²) in [6.07, 6.45) is 4.58. The number of nitrogens with one attached hydrogen (secondary N) is 2. The first-order chi connectivity index (χ1) is 11.6.